The van der Waals surface area contributed by atoms with Gasteiger partial charge in [-0.15, -0.1) is 17.9 Å². The molecule has 1 saturated heterocycles. The van der Waals surface area contributed by atoms with E-state index < -0.39 is 17.6 Å². The van der Waals surface area contributed by atoms with Crippen LogP contribution >= 0.6 is 11.3 Å². The second-order valence-electron chi connectivity index (χ2n) is 9.52. The summed E-state index contributed by atoms with van der Waals surface area (Å²) in [4.78, 5) is 40.1. The number of nitrogens with one attached hydrogen (secondary N) is 2. The highest BCUT2D eigenvalue weighted by Gasteiger charge is 2.61. The number of carbonyl (C=O) groups is 2. The van der Waals surface area contributed by atoms with Crippen molar-refractivity contribution in [3.05, 3.63) is 61.2 Å². The highest BCUT2D eigenvalue weighted by molar-refractivity contribution is 7.21. The summed E-state index contributed by atoms with van der Waals surface area (Å²) in [7, 11) is 0. The Hall–Kier alpha value is -3.89. The van der Waals surface area contributed by atoms with Gasteiger partial charge in [-0.05, 0) is 37.6 Å². The number of carbonyl (C=O) groups excluding carboxylic acids is 2. The predicted octanol–water partition coefficient (Wildman–Crippen LogP) is 3.64. The molecule has 0 unspecified atom stereocenters. The molecule has 1 saturated carbocycles. The number of nitrogens with zero attached hydrogens (tertiary/aromatic N) is 3. The molecule has 0 bridgehead atoms. The molecule has 4 atom stereocenters. The van der Waals surface area contributed by atoms with E-state index in [1.807, 2.05) is 48.5 Å². The van der Waals surface area contributed by atoms with Crippen molar-refractivity contribution in [2.45, 2.75) is 37.5 Å². The molecular weight excluding hydrogens is 502 g/mol. The topological polar surface area (TPSA) is 115 Å². The van der Waals surface area contributed by atoms with Gasteiger partial charge in [0.25, 0.3) is 0 Å². The normalized spacial score (nSPS) is 24.3. The molecule has 38 heavy (non-hydrogen) atoms. The van der Waals surface area contributed by atoms with E-state index in [0.717, 1.165) is 20.7 Å². The monoisotopic (exact) mass is 529 g/mol. The van der Waals surface area contributed by atoms with Crippen molar-refractivity contribution in [1.82, 2.24) is 25.6 Å². The van der Waals surface area contributed by atoms with Crippen LogP contribution in [0.4, 0.5) is 0 Å². The summed E-state index contributed by atoms with van der Waals surface area (Å²) in [5.74, 6) is -0.434. The van der Waals surface area contributed by atoms with Crippen molar-refractivity contribution in [1.29, 1.82) is 0 Å². The lowest BCUT2D eigenvalue weighted by Gasteiger charge is -2.20. The first-order chi connectivity index (χ1) is 18.5. The summed E-state index contributed by atoms with van der Waals surface area (Å²) in [6, 6.07) is 15.0. The van der Waals surface area contributed by atoms with E-state index in [1.54, 1.807) is 13.0 Å². The molecule has 2 aromatic carbocycles. The Balaban J connectivity index is 1.22. The number of rotatable bonds is 8. The number of benzene rings is 2. The summed E-state index contributed by atoms with van der Waals surface area (Å²) >= 11 is 1.53. The number of esters is 1. The maximum Gasteiger partial charge on any atom is 0.332 e. The third-order valence-electron chi connectivity index (χ3n) is 7.01. The highest BCUT2D eigenvalue weighted by atomic mass is 32.1. The zero-order chi connectivity index (χ0) is 26.3. The van der Waals surface area contributed by atoms with E-state index in [2.05, 4.69) is 17.2 Å². The van der Waals surface area contributed by atoms with Crippen LogP contribution in [-0.4, -0.2) is 57.7 Å². The molecule has 4 aromatic rings. The van der Waals surface area contributed by atoms with E-state index in [9.17, 15) is 9.59 Å². The quantitative estimate of drug-likeness (QED) is 0.263. The van der Waals surface area contributed by atoms with Gasteiger partial charge in [0.1, 0.15) is 16.7 Å². The van der Waals surface area contributed by atoms with Crippen LogP contribution in [0.25, 0.3) is 32.0 Å². The van der Waals surface area contributed by atoms with Crippen LogP contribution in [0.3, 0.4) is 0 Å². The first kappa shape index (κ1) is 24.4. The number of hydrogen-bond donors (Lipinski definition) is 2. The zero-order valence-electron chi connectivity index (χ0n) is 20.8. The molecule has 2 N–H and O–H groups in total. The van der Waals surface area contributed by atoms with Crippen LogP contribution in [0.5, 0.6) is 5.88 Å². The van der Waals surface area contributed by atoms with Gasteiger partial charge in [-0.25, -0.2) is 19.7 Å². The van der Waals surface area contributed by atoms with Gasteiger partial charge in [0, 0.05) is 18.9 Å². The standard InChI is InChI=1S/C28H27N5O4S/c1-3-16-14-28(16,27(35)36-4-2)33-24(34)21-13-17(15-29-21)37-25-23(30-18-9-5-6-10-19(18)31-25)26-32-20-11-7-8-12-22(20)38-26/h3,5-12,16-17,21,29H,1,4,13-15H2,2H3,(H,33,34)/t16-,17-,21+,28-/m1/s1. The van der Waals surface area contributed by atoms with Crippen molar-refractivity contribution in [3.8, 4) is 16.6 Å². The molecule has 9 nitrogen and oxygen atoms in total. The van der Waals surface area contributed by atoms with Gasteiger partial charge < -0.3 is 20.1 Å². The van der Waals surface area contributed by atoms with Crippen LogP contribution in [-0.2, 0) is 14.3 Å². The Labute approximate surface area is 223 Å². The lowest BCUT2D eigenvalue weighted by molar-refractivity contribution is -0.149. The zero-order valence-corrected chi connectivity index (χ0v) is 21.7. The molecule has 1 aliphatic carbocycles. The predicted molar refractivity (Wildman–Crippen MR) is 145 cm³/mol. The summed E-state index contributed by atoms with van der Waals surface area (Å²) in [6.45, 7) is 6.23. The molecule has 1 aliphatic heterocycles. The van der Waals surface area contributed by atoms with Gasteiger partial charge in [0.2, 0.25) is 11.8 Å². The van der Waals surface area contributed by atoms with Crippen LogP contribution in [0, 0.1) is 5.92 Å². The number of ether oxygens (including phenoxy) is 2. The average Bonchev–Trinajstić information content (AvgIpc) is 3.24. The Morgan fingerprint density at radius 3 is 2.58 bits per heavy atom. The van der Waals surface area contributed by atoms with Gasteiger partial charge in [-0.3, -0.25) is 4.79 Å². The number of thiazole rings is 1. The maximum absolute atomic E-state index is 13.1. The minimum atomic E-state index is -1.03. The summed E-state index contributed by atoms with van der Waals surface area (Å²) in [5.41, 5.74) is 1.90. The van der Waals surface area contributed by atoms with E-state index >= 15 is 0 Å². The summed E-state index contributed by atoms with van der Waals surface area (Å²) in [6.07, 6.45) is 2.28. The molecular formula is C28H27N5O4S. The number of para-hydroxylation sites is 3. The fourth-order valence-electron chi connectivity index (χ4n) is 4.90. The smallest absolute Gasteiger partial charge is 0.332 e. The second-order valence-corrected chi connectivity index (χ2v) is 10.5. The molecule has 2 fully saturated rings. The number of hydrogen-bond acceptors (Lipinski definition) is 9. The minimum absolute atomic E-state index is 0.136. The van der Waals surface area contributed by atoms with Crippen LogP contribution in [0.1, 0.15) is 19.8 Å². The Bertz CT molecular complexity index is 1520. The Morgan fingerprint density at radius 2 is 1.87 bits per heavy atom. The Morgan fingerprint density at radius 1 is 1.13 bits per heavy atom. The van der Waals surface area contributed by atoms with Crippen molar-refractivity contribution in [3.63, 3.8) is 0 Å². The maximum atomic E-state index is 13.1. The van der Waals surface area contributed by atoms with Crippen molar-refractivity contribution in [2.75, 3.05) is 13.2 Å². The Kier molecular flexibility index (Phi) is 6.29. The second kappa shape index (κ2) is 9.77. The fraction of sp³-hybridized carbons (Fsp3) is 0.321. The van der Waals surface area contributed by atoms with E-state index in [1.165, 1.54) is 11.3 Å². The van der Waals surface area contributed by atoms with Crippen molar-refractivity contribution < 1.29 is 19.1 Å². The minimum Gasteiger partial charge on any atom is -0.471 e. The summed E-state index contributed by atoms with van der Waals surface area (Å²) in [5, 5.41) is 6.86. The molecule has 2 aliphatic rings. The fourth-order valence-corrected chi connectivity index (χ4v) is 5.85. The van der Waals surface area contributed by atoms with Gasteiger partial charge in [0.05, 0.1) is 33.9 Å². The van der Waals surface area contributed by atoms with E-state index in [0.29, 0.717) is 36.5 Å². The largest absolute Gasteiger partial charge is 0.471 e. The third-order valence-corrected chi connectivity index (χ3v) is 8.05. The molecule has 3 heterocycles. The lowest BCUT2D eigenvalue weighted by atomic mass is 10.1. The molecule has 194 valence electrons. The molecule has 2 aromatic heterocycles. The third kappa shape index (κ3) is 4.39. The first-order valence-electron chi connectivity index (χ1n) is 12.7. The molecule has 10 heteroatoms. The lowest BCUT2D eigenvalue weighted by Crippen LogP contribution is -2.51. The van der Waals surface area contributed by atoms with Crippen molar-refractivity contribution in [2.24, 2.45) is 5.92 Å². The highest BCUT2D eigenvalue weighted by Crippen LogP contribution is 2.45. The molecule has 6 rings (SSSR count). The SMILES string of the molecule is C=C[C@@H]1C[C@]1(NC(=O)[C@@H]1C[C@@H](Oc2nc3ccccc3nc2-c2nc3ccccc3s2)CN1)C(=O)OCC. The van der Waals surface area contributed by atoms with Gasteiger partial charge in [-0.2, -0.15) is 0 Å². The molecule has 0 radical (unpaired) electrons. The first-order valence-corrected chi connectivity index (χ1v) is 13.5. The van der Waals surface area contributed by atoms with Crippen LogP contribution < -0.4 is 15.4 Å². The van der Waals surface area contributed by atoms with E-state index in [4.69, 9.17) is 24.4 Å². The average molecular weight is 530 g/mol. The number of aromatic nitrogens is 3. The van der Waals surface area contributed by atoms with Gasteiger partial charge in [-0.1, -0.05) is 30.3 Å². The number of amides is 1. The van der Waals surface area contributed by atoms with E-state index in [-0.39, 0.29) is 24.5 Å². The van der Waals surface area contributed by atoms with Gasteiger partial charge in [0.15, 0.2) is 5.69 Å². The molecule has 0 spiro atoms. The molecule has 1 amide bonds. The van der Waals surface area contributed by atoms with Crippen LogP contribution in [0.15, 0.2) is 61.2 Å². The van der Waals surface area contributed by atoms with Gasteiger partial charge >= 0.3 is 5.97 Å². The summed E-state index contributed by atoms with van der Waals surface area (Å²) < 4.78 is 12.6. The number of fused-ring (bicyclic) bond motifs is 2. The van der Waals surface area contributed by atoms with Crippen molar-refractivity contribution >= 4 is 44.5 Å². The van der Waals surface area contributed by atoms with Crippen LogP contribution in [0.2, 0.25) is 0 Å².